The van der Waals surface area contributed by atoms with Gasteiger partial charge >= 0.3 is 0 Å². The van der Waals surface area contributed by atoms with E-state index in [-0.39, 0.29) is 35.1 Å². The molecule has 2 amide bonds. The maximum Gasteiger partial charge on any atom is 0.246 e. The first-order valence-corrected chi connectivity index (χ1v) is 26.1. The van der Waals surface area contributed by atoms with Crippen LogP contribution < -0.4 is 29.9 Å². The van der Waals surface area contributed by atoms with Gasteiger partial charge in [0.05, 0.1) is 46.4 Å². The van der Waals surface area contributed by atoms with Crippen LogP contribution in [0.2, 0.25) is 0 Å². The number of fused-ring (bicyclic) bond motifs is 6. The number of aromatic nitrogens is 12. The normalized spacial score (nSPS) is 16.2. The molecule has 2 atom stereocenters. The minimum atomic E-state index is -0.516. The van der Waals surface area contributed by atoms with Gasteiger partial charge in [-0.2, -0.15) is 0 Å². The summed E-state index contributed by atoms with van der Waals surface area (Å²) in [7, 11) is 1.85. The van der Waals surface area contributed by atoms with Crippen LogP contribution >= 0.6 is 0 Å². The summed E-state index contributed by atoms with van der Waals surface area (Å²) >= 11 is 0. The topological polar surface area (TPSA) is 228 Å². The van der Waals surface area contributed by atoms with E-state index in [0.717, 1.165) is 40.0 Å². The first kappa shape index (κ1) is 49.4. The predicted molar refractivity (Wildman–Crippen MR) is 299 cm³/mol. The van der Waals surface area contributed by atoms with Gasteiger partial charge in [0.25, 0.3) is 0 Å². The van der Waals surface area contributed by atoms with E-state index in [9.17, 15) is 9.59 Å². The van der Waals surface area contributed by atoms with Crippen molar-refractivity contribution in [3.05, 3.63) is 145 Å². The van der Waals surface area contributed by atoms with E-state index in [1.165, 1.54) is 18.7 Å². The van der Waals surface area contributed by atoms with Crippen LogP contribution in [0.5, 0.6) is 23.0 Å². The molecule has 0 radical (unpaired) electrons. The van der Waals surface area contributed by atoms with E-state index in [1.807, 2.05) is 85.6 Å². The number of piperazine rings is 2. The lowest BCUT2D eigenvalue weighted by atomic mass is 9.87. The van der Waals surface area contributed by atoms with Crippen LogP contribution in [-0.4, -0.2) is 133 Å². The maximum absolute atomic E-state index is 16.1. The lowest BCUT2D eigenvalue weighted by Crippen LogP contribution is -2.69. The molecule has 10 aromatic rings. The Hall–Kier alpha value is -10.2. The molecule has 2 unspecified atom stereocenters. The zero-order chi connectivity index (χ0) is 54.6. The number of carbonyl (C=O) groups is 2. The smallest absolute Gasteiger partial charge is 0.246 e. The second kappa shape index (κ2) is 20.3. The Bertz CT molecular complexity index is 4130. The van der Waals surface area contributed by atoms with E-state index in [4.69, 9.17) is 19.4 Å². The van der Waals surface area contributed by atoms with Gasteiger partial charge in [-0.25, -0.2) is 43.7 Å². The molecule has 4 aromatic carbocycles. The Morgan fingerprint density at radius 3 is 2.06 bits per heavy atom. The number of allylic oxidation sites excluding steroid dienone is 1. The molecule has 400 valence electrons. The summed E-state index contributed by atoms with van der Waals surface area (Å²) in [4.78, 5) is 61.5. The molecule has 23 heteroatoms. The molecule has 4 saturated heterocycles. The Morgan fingerprint density at radius 2 is 1.34 bits per heavy atom. The number of nitrogens with one attached hydrogen (secondary N) is 2. The van der Waals surface area contributed by atoms with Crippen molar-refractivity contribution in [2.75, 3.05) is 59.7 Å². The Labute approximate surface area is 456 Å². The highest BCUT2D eigenvalue weighted by Crippen LogP contribution is 2.39. The summed E-state index contributed by atoms with van der Waals surface area (Å²) in [6, 6.07) is 28.1. The van der Waals surface area contributed by atoms with E-state index < -0.39 is 5.82 Å². The molecule has 80 heavy (non-hydrogen) atoms. The molecule has 0 saturated carbocycles. The fraction of sp³-hybridized carbons (Fsp3) is 0.228. The monoisotopic (exact) mass is 1070 g/mol. The van der Waals surface area contributed by atoms with Crippen molar-refractivity contribution >= 4 is 90.6 Å². The molecule has 10 heterocycles. The van der Waals surface area contributed by atoms with Crippen LogP contribution in [0, 0.1) is 19.7 Å². The van der Waals surface area contributed by atoms with Gasteiger partial charge < -0.3 is 39.7 Å². The number of aryl methyl sites for hydroxylation is 2. The minimum Gasteiger partial charge on any atom is -0.457 e. The Morgan fingerprint density at radius 1 is 0.688 bits per heavy atom. The van der Waals surface area contributed by atoms with Crippen LogP contribution in [0.3, 0.4) is 0 Å². The highest BCUT2D eigenvalue weighted by Gasteiger charge is 2.46. The Balaban J connectivity index is 0.617. The third-order valence-corrected chi connectivity index (χ3v) is 14.9. The molecule has 4 fully saturated rings. The third kappa shape index (κ3) is 9.36. The highest BCUT2D eigenvalue weighted by atomic mass is 19.1. The fourth-order valence-corrected chi connectivity index (χ4v) is 10.6. The average molecular weight is 1070 g/mol. The van der Waals surface area contributed by atoms with E-state index in [2.05, 4.69) is 67.6 Å². The van der Waals surface area contributed by atoms with Crippen LogP contribution in [0.4, 0.5) is 39.0 Å². The van der Waals surface area contributed by atoms with Crippen LogP contribution in [0.15, 0.2) is 128 Å². The number of hydrogen-bond donors (Lipinski definition) is 2. The summed E-state index contributed by atoms with van der Waals surface area (Å²) < 4.78 is 31.9. The van der Waals surface area contributed by atoms with Crippen LogP contribution in [-0.2, 0) is 23.2 Å². The van der Waals surface area contributed by atoms with Crippen molar-refractivity contribution in [2.24, 2.45) is 7.05 Å². The first-order valence-electron chi connectivity index (χ1n) is 26.1. The van der Waals surface area contributed by atoms with Gasteiger partial charge in [-0.1, -0.05) is 23.1 Å². The van der Waals surface area contributed by atoms with Gasteiger partial charge in [-0.05, 0) is 111 Å². The molecule has 14 rings (SSSR count). The van der Waals surface area contributed by atoms with Gasteiger partial charge in [0.1, 0.15) is 69.4 Å². The highest BCUT2D eigenvalue weighted by molar-refractivity contribution is 5.91. The van der Waals surface area contributed by atoms with Crippen molar-refractivity contribution in [3.8, 4) is 23.0 Å². The summed E-state index contributed by atoms with van der Waals surface area (Å²) in [5.74, 6) is 3.92. The maximum atomic E-state index is 16.1. The number of piperidine rings is 1. The van der Waals surface area contributed by atoms with Crippen molar-refractivity contribution in [1.82, 2.24) is 69.7 Å². The van der Waals surface area contributed by atoms with Crippen molar-refractivity contribution in [3.63, 3.8) is 0 Å². The van der Waals surface area contributed by atoms with E-state index >= 15 is 4.39 Å². The zero-order valence-corrected chi connectivity index (χ0v) is 43.7. The van der Waals surface area contributed by atoms with Gasteiger partial charge in [0.2, 0.25) is 11.8 Å². The summed E-state index contributed by atoms with van der Waals surface area (Å²) in [5.41, 5.74) is 7.65. The number of hydrogen-bond acceptors (Lipinski definition) is 18. The summed E-state index contributed by atoms with van der Waals surface area (Å²) in [6.07, 6.45) is 8.60. The standard InChI is InChI=1S/C57H51FN18O4/c1-5-51(77)73-23-21-72(22-24-73)49-18-12-41-55(65-49)57(62-32-60-41)64-40-11-17-48(34(3)53(40)58)80-39-10-15-46-44(28-39)68-70-75(46)20-6-7-52(78)74-29-36-26-37(30-74)76(36)50-19-13-42-54(66-50)56(61-31-59-42)63-35-8-16-47(33(2)25-35)79-38-9-14-45-43(27-38)67-69-71(45)4/h5-19,25,27-28,31-32,36-37H,1,20-24,26,29-30H2,2-4H3,(H,59,61,63)(H,60,62,64)/b7-6+. The number of amides is 2. The number of rotatable bonds is 14. The minimum absolute atomic E-state index is 0.0750. The second-order valence-corrected chi connectivity index (χ2v) is 19.9. The average Bonchev–Trinajstić information content (AvgIpc) is 4.08. The molecule has 0 spiro atoms. The van der Waals surface area contributed by atoms with Crippen molar-refractivity contribution < 1.29 is 23.5 Å². The molecule has 4 aliphatic heterocycles. The van der Waals surface area contributed by atoms with Gasteiger partial charge in [0.15, 0.2) is 17.5 Å². The number of anilines is 6. The number of carbonyl (C=O) groups excluding carboxylic acids is 2. The number of ether oxygens (including phenoxy) is 2. The number of pyridine rings is 2. The van der Waals surface area contributed by atoms with E-state index in [1.54, 1.807) is 57.6 Å². The van der Waals surface area contributed by atoms with Crippen LogP contribution in [0.25, 0.3) is 44.1 Å². The lowest BCUT2D eigenvalue weighted by molar-refractivity contribution is -0.129. The van der Waals surface area contributed by atoms with Gasteiger partial charge in [-0.3, -0.25) is 9.59 Å². The molecular weight excluding hydrogens is 1020 g/mol. The number of halogens is 1. The van der Waals surface area contributed by atoms with E-state index in [0.29, 0.717) is 114 Å². The number of nitrogens with zero attached hydrogens (tertiary/aromatic N) is 16. The zero-order valence-electron chi connectivity index (χ0n) is 43.7. The molecule has 6 aromatic heterocycles. The Kier molecular flexibility index (Phi) is 12.5. The lowest BCUT2D eigenvalue weighted by Gasteiger charge is -2.56. The van der Waals surface area contributed by atoms with Gasteiger partial charge in [-0.15, -0.1) is 10.2 Å². The predicted octanol–water partition coefficient (Wildman–Crippen LogP) is 8.10. The summed E-state index contributed by atoms with van der Waals surface area (Å²) in [6.45, 7) is 11.0. The summed E-state index contributed by atoms with van der Waals surface area (Å²) in [5, 5.41) is 23.5. The molecule has 0 aliphatic carbocycles. The van der Waals surface area contributed by atoms with Gasteiger partial charge in [0, 0.05) is 75.8 Å². The quantitative estimate of drug-likeness (QED) is 0.0980. The first-order chi connectivity index (χ1) is 39.0. The number of benzene rings is 4. The fourth-order valence-electron chi connectivity index (χ4n) is 10.6. The molecule has 22 nitrogen and oxygen atoms in total. The molecule has 4 aliphatic rings. The third-order valence-electron chi connectivity index (χ3n) is 14.9. The second-order valence-electron chi connectivity index (χ2n) is 19.9. The largest absolute Gasteiger partial charge is 0.457 e. The molecule has 2 N–H and O–H groups in total. The molecule has 2 bridgehead atoms. The van der Waals surface area contributed by atoms with Crippen molar-refractivity contribution in [2.45, 2.75) is 38.9 Å². The molecular formula is C57H51FN18O4. The van der Waals surface area contributed by atoms with Crippen LogP contribution in [0.1, 0.15) is 17.5 Å². The van der Waals surface area contributed by atoms with Crippen molar-refractivity contribution in [1.29, 1.82) is 0 Å². The SMILES string of the molecule is C=CC(=O)N1CCN(c2ccc3ncnc(Nc4ccc(Oc5ccc6c(c5)nnn6C/C=C/C(=O)N5CC6CC(C5)N6c5ccc6ncnc(Nc7ccc(Oc8ccc9c(c8)nnn9C)c(C)c7)c6n5)c(C)c4F)c3n2)CC1.